The summed E-state index contributed by atoms with van der Waals surface area (Å²) in [6, 6.07) is 0. The van der Waals surface area contributed by atoms with Gasteiger partial charge in [0.2, 0.25) is 0 Å². The topological polar surface area (TPSA) is 46.1 Å². The van der Waals surface area contributed by atoms with Gasteiger partial charge in [0.05, 0.1) is 10.3 Å². The Morgan fingerprint density at radius 1 is 1.40 bits per heavy atom. The Morgan fingerprint density at radius 2 is 2.10 bits per heavy atom. The lowest BCUT2D eigenvalue weighted by molar-refractivity contribution is 0.0831. The van der Waals surface area contributed by atoms with Crippen LogP contribution in [0, 0.1) is 6.92 Å². The standard InChI is InChI=1S/C13H16ClN3OS2/c1-5-6-19-13-15-10(14)8-7(2)9(12(18)17(3)4)20-11(8)16-13/h5-6H2,1-4H3. The van der Waals surface area contributed by atoms with Crippen LogP contribution in [-0.4, -0.2) is 40.6 Å². The van der Waals surface area contributed by atoms with E-state index in [2.05, 4.69) is 16.9 Å². The summed E-state index contributed by atoms with van der Waals surface area (Å²) in [5.74, 6) is 0.930. The first-order chi connectivity index (χ1) is 9.45. The van der Waals surface area contributed by atoms with Gasteiger partial charge in [-0.1, -0.05) is 30.3 Å². The third-order valence-corrected chi connectivity index (χ3v) is 5.26. The third-order valence-electron chi connectivity index (χ3n) is 2.76. The first kappa shape index (κ1) is 15.5. The summed E-state index contributed by atoms with van der Waals surface area (Å²) in [6.45, 7) is 4.00. The van der Waals surface area contributed by atoms with Crippen LogP contribution >= 0.6 is 34.7 Å². The summed E-state index contributed by atoms with van der Waals surface area (Å²) < 4.78 is 0. The molecule has 2 aromatic heterocycles. The monoisotopic (exact) mass is 329 g/mol. The average Bonchev–Trinajstić information content (AvgIpc) is 2.73. The summed E-state index contributed by atoms with van der Waals surface area (Å²) in [5, 5.41) is 1.90. The Bertz CT molecular complexity index is 655. The SMILES string of the molecule is CCCSc1nc(Cl)c2c(C)c(C(=O)N(C)C)sc2n1. The molecule has 0 N–H and O–H groups in total. The lowest BCUT2D eigenvalue weighted by atomic mass is 10.2. The highest BCUT2D eigenvalue weighted by atomic mass is 35.5. The van der Waals surface area contributed by atoms with Crippen LogP contribution in [0.4, 0.5) is 0 Å². The predicted octanol–water partition coefficient (Wildman–Crippen LogP) is 3.86. The van der Waals surface area contributed by atoms with Gasteiger partial charge in [-0.25, -0.2) is 9.97 Å². The fraction of sp³-hybridized carbons (Fsp3) is 0.462. The Kier molecular flexibility index (Phi) is 4.88. The van der Waals surface area contributed by atoms with Crippen LogP contribution in [0.2, 0.25) is 5.15 Å². The van der Waals surface area contributed by atoms with Crippen molar-refractivity contribution < 1.29 is 4.79 Å². The van der Waals surface area contributed by atoms with Crippen LogP contribution in [0.3, 0.4) is 0 Å². The summed E-state index contributed by atoms with van der Waals surface area (Å²) >= 11 is 9.23. The minimum absolute atomic E-state index is 0.0238. The molecule has 0 aromatic carbocycles. The second-order valence-electron chi connectivity index (χ2n) is 4.58. The number of thiophene rings is 1. The molecule has 2 heterocycles. The molecule has 7 heteroatoms. The van der Waals surface area contributed by atoms with Crippen LogP contribution in [0.1, 0.15) is 28.6 Å². The van der Waals surface area contributed by atoms with Crippen molar-refractivity contribution in [3.8, 4) is 0 Å². The number of aryl methyl sites for hydroxylation is 1. The van der Waals surface area contributed by atoms with Crippen molar-refractivity contribution in [1.29, 1.82) is 0 Å². The minimum atomic E-state index is -0.0238. The maximum atomic E-state index is 12.1. The van der Waals surface area contributed by atoms with E-state index in [-0.39, 0.29) is 5.91 Å². The van der Waals surface area contributed by atoms with Gasteiger partial charge in [0.1, 0.15) is 9.98 Å². The van der Waals surface area contributed by atoms with E-state index in [1.165, 1.54) is 11.3 Å². The third kappa shape index (κ3) is 2.92. The summed E-state index contributed by atoms with van der Waals surface area (Å²) in [5.41, 5.74) is 0.862. The second-order valence-corrected chi connectivity index (χ2v) is 7.00. The zero-order chi connectivity index (χ0) is 14.9. The molecule has 0 unspecified atom stereocenters. The van der Waals surface area contributed by atoms with Gasteiger partial charge in [-0.3, -0.25) is 4.79 Å². The second kappa shape index (κ2) is 6.28. The number of thioether (sulfide) groups is 1. The van der Waals surface area contributed by atoms with E-state index >= 15 is 0 Å². The molecule has 0 saturated heterocycles. The van der Waals surface area contributed by atoms with Gasteiger partial charge >= 0.3 is 0 Å². The van der Waals surface area contributed by atoms with Crippen LogP contribution in [0.25, 0.3) is 10.2 Å². The smallest absolute Gasteiger partial charge is 0.263 e. The quantitative estimate of drug-likeness (QED) is 0.485. The van der Waals surface area contributed by atoms with E-state index < -0.39 is 0 Å². The van der Waals surface area contributed by atoms with Gasteiger partial charge in [0, 0.05) is 19.8 Å². The first-order valence-electron chi connectivity index (χ1n) is 6.26. The predicted molar refractivity (Wildman–Crippen MR) is 86.2 cm³/mol. The number of carbonyl (C=O) groups is 1. The molecule has 0 fully saturated rings. The Hall–Kier alpha value is -0.850. The molecule has 0 spiro atoms. The van der Waals surface area contributed by atoms with Crippen molar-refractivity contribution in [2.24, 2.45) is 0 Å². The van der Waals surface area contributed by atoms with Gasteiger partial charge in [-0.15, -0.1) is 11.3 Å². The number of fused-ring (bicyclic) bond motifs is 1. The molecule has 0 aliphatic rings. The van der Waals surface area contributed by atoms with Crippen molar-refractivity contribution in [2.75, 3.05) is 19.8 Å². The fourth-order valence-corrected chi connectivity index (χ4v) is 4.11. The molecule has 20 heavy (non-hydrogen) atoms. The van der Waals surface area contributed by atoms with Crippen molar-refractivity contribution >= 4 is 50.8 Å². The van der Waals surface area contributed by atoms with Crippen LogP contribution in [0.15, 0.2) is 5.16 Å². The Morgan fingerprint density at radius 3 is 2.70 bits per heavy atom. The Labute approximate surface area is 131 Å². The van der Waals surface area contributed by atoms with E-state index in [1.807, 2.05) is 6.92 Å². The zero-order valence-corrected chi connectivity index (χ0v) is 14.2. The minimum Gasteiger partial charge on any atom is -0.344 e. The van der Waals surface area contributed by atoms with E-state index in [0.717, 1.165) is 28.0 Å². The molecule has 0 bridgehead atoms. The molecule has 1 amide bonds. The first-order valence-corrected chi connectivity index (χ1v) is 8.44. The zero-order valence-electron chi connectivity index (χ0n) is 11.9. The van der Waals surface area contributed by atoms with Gasteiger partial charge in [-0.05, 0) is 18.9 Å². The number of hydrogen-bond donors (Lipinski definition) is 0. The number of hydrogen-bond acceptors (Lipinski definition) is 5. The van der Waals surface area contributed by atoms with Gasteiger partial charge in [-0.2, -0.15) is 0 Å². The highest BCUT2D eigenvalue weighted by Gasteiger charge is 2.20. The fourth-order valence-electron chi connectivity index (χ4n) is 1.74. The lowest BCUT2D eigenvalue weighted by Gasteiger charge is -2.08. The number of amides is 1. The van der Waals surface area contributed by atoms with E-state index in [1.54, 1.807) is 30.8 Å². The number of nitrogens with zero attached hydrogens (tertiary/aromatic N) is 3. The number of halogens is 1. The van der Waals surface area contributed by atoms with Crippen molar-refractivity contribution in [3.63, 3.8) is 0 Å². The average molecular weight is 330 g/mol. The van der Waals surface area contributed by atoms with Crippen molar-refractivity contribution in [2.45, 2.75) is 25.4 Å². The molecule has 4 nitrogen and oxygen atoms in total. The molecule has 0 aliphatic heterocycles. The maximum absolute atomic E-state index is 12.1. The molecule has 0 atom stereocenters. The van der Waals surface area contributed by atoms with Gasteiger partial charge in [0.15, 0.2) is 5.16 Å². The van der Waals surface area contributed by atoms with E-state index in [4.69, 9.17) is 11.6 Å². The normalized spacial score (nSPS) is 11.1. The largest absolute Gasteiger partial charge is 0.344 e. The highest BCUT2D eigenvalue weighted by molar-refractivity contribution is 7.99. The molecule has 108 valence electrons. The molecule has 0 aliphatic carbocycles. The molecule has 0 radical (unpaired) electrons. The molecule has 0 saturated carbocycles. The van der Waals surface area contributed by atoms with Crippen LogP contribution in [-0.2, 0) is 0 Å². The number of carbonyl (C=O) groups excluding carboxylic acids is 1. The van der Waals surface area contributed by atoms with Crippen LogP contribution < -0.4 is 0 Å². The highest BCUT2D eigenvalue weighted by Crippen LogP contribution is 2.35. The van der Waals surface area contributed by atoms with Crippen molar-refractivity contribution in [1.82, 2.24) is 14.9 Å². The van der Waals surface area contributed by atoms with Crippen LogP contribution in [0.5, 0.6) is 0 Å². The molecule has 2 rings (SSSR count). The molecular formula is C13H16ClN3OS2. The number of aromatic nitrogens is 2. The van der Waals surface area contributed by atoms with Crippen molar-refractivity contribution in [3.05, 3.63) is 15.6 Å². The summed E-state index contributed by atoms with van der Waals surface area (Å²) in [7, 11) is 3.48. The van der Waals surface area contributed by atoms with E-state index in [9.17, 15) is 4.79 Å². The van der Waals surface area contributed by atoms with E-state index in [0.29, 0.717) is 15.2 Å². The molecular weight excluding hydrogens is 314 g/mol. The van der Waals surface area contributed by atoms with Gasteiger partial charge < -0.3 is 4.90 Å². The summed E-state index contributed by atoms with van der Waals surface area (Å²) in [4.78, 5) is 24.0. The van der Waals surface area contributed by atoms with Gasteiger partial charge in [0.25, 0.3) is 5.91 Å². The maximum Gasteiger partial charge on any atom is 0.263 e. The molecule has 2 aromatic rings. The Balaban J connectivity index is 2.53. The lowest BCUT2D eigenvalue weighted by Crippen LogP contribution is -2.21. The number of rotatable bonds is 4. The summed E-state index contributed by atoms with van der Waals surface area (Å²) in [6.07, 6.45) is 1.05.